The number of esters is 1. The van der Waals surface area contributed by atoms with Crippen molar-refractivity contribution in [1.29, 1.82) is 5.26 Å². The van der Waals surface area contributed by atoms with E-state index in [1.165, 1.54) is 7.11 Å². The number of nitriles is 1. The van der Waals surface area contributed by atoms with Crippen LogP contribution in [-0.2, 0) is 14.3 Å². The molecule has 1 fully saturated rings. The van der Waals surface area contributed by atoms with Crippen molar-refractivity contribution in [3.63, 3.8) is 0 Å². The van der Waals surface area contributed by atoms with Gasteiger partial charge in [-0.1, -0.05) is 0 Å². The van der Waals surface area contributed by atoms with Gasteiger partial charge in [-0.05, 0) is 37.1 Å². The summed E-state index contributed by atoms with van der Waals surface area (Å²) in [5.41, 5.74) is 1.11. The standard InChI is InChI=1S/C18H18N2O5/c1-23-17(21)11-24-14-4-6-20(7-5-14)18(22)16-9-13-8-12(10-19)2-3-15(13)25-16/h2-3,8-9,14H,4-7,11H2,1H3. The summed E-state index contributed by atoms with van der Waals surface area (Å²) >= 11 is 0. The number of carbonyl (C=O) groups excluding carboxylic acids is 2. The number of fused-ring (bicyclic) bond motifs is 1. The molecule has 0 N–H and O–H groups in total. The average Bonchev–Trinajstić information content (AvgIpc) is 3.08. The van der Waals surface area contributed by atoms with Crippen LogP contribution in [0, 0.1) is 11.3 Å². The normalized spacial score (nSPS) is 15.1. The largest absolute Gasteiger partial charge is 0.467 e. The third-order valence-corrected chi connectivity index (χ3v) is 4.25. The van der Waals surface area contributed by atoms with Gasteiger partial charge in [0, 0.05) is 18.5 Å². The number of amides is 1. The van der Waals surface area contributed by atoms with Crippen LogP contribution in [0.25, 0.3) is 11.0 Å². The van der Waals surface area contributed by atoms with Gasteiger partial charge >= 0.3 is 5.97 Å². The number of rotatable bonds is 4. The van der Waals surface area contributed by atoms with Gasteiger partial charge in [-0.25, -0.2) is 4.79 Å². The van der Waals surface area contributed by atoms with E-state index in [9.17, 15) is 9.59 Å². The number of benzene rings is 1. The number of carbonyl (C=O) groups is 2. The predicted octanol–water partition coefficient (Wildman–Crippen LogP) is 2.10. The SMILES string of the molecule is COC(=O)COC1CCN(C(=O)c2cc3cc(C#N)ccc3o2)CC1. The minimum atomic E-state index is -0.405. The van der Waals surface area contributed by atoms with Gasteiger partial charge in [0.25, 0.3) is 5.91 Å². The fourth-order valence-electron chi connectivity index (χ4n) is 2.84. The van der Waals surface area contributed by atoms with Gasteiger partial charge in [-0.15, -0.1) is 0 Å². The lowest BCUT2D eigenvalue weighted by atomic mass is 10.1. The smallest absolute Gasteiger partial charge is 0.331 e. The van der Waals surface area contributed by atoms with Crippen LogP contribution in [0.5, 0.6) is 0 Å². The third kappa shape index (κ3) is 3.80. The molecule has 7 nitrogen and oxygen atoms in total. The van der Waals surface area contributed by atoms with Gasteiger partial charge in [-0.2, -0.15) is 5.26 Å². The second kappa shape index (κ2) is 7.36. The Balaban J connectivity index is 1.61. The number of hydrogen-bond donors (Lipinski definition) is 0. The van der Waals surface area contributed by atoms with Gasteiger partial charge < -0.3 is 18.8 Å². The van der Waals surface area contributed by atoms with Crippen molar-refractivity contribution < 1.29 is 23.5 Å². The zero-order valence-corrected chi connectivity index (χ0v) is 13.9. The van der Waals surface area contributed by atoms with E-state index in [1.54, 1.807) is 29.2 Å². The number of nitrogens with zero attached hydrogens (tertiary/aromatic N) is 2. The number of piperidine rings is 1. The van der Waals surface area contributed by atoms with Gasteiger partial charge in [0.15, 0.2) is 5.76 Å². The quantitative estimate of drug-likeness (QED) is 0.790. The van der Waals surface area contributed by atoms with Gasteiger partial charge in [0.2, 0.25) is 0 Å². The molecule has 1 aliphatic rings. The van der Waals surface area contributed by atoms with E-state index < -0.39 is 5.97 Å². The molecular formula is C18H18N2O5. The van der Waals surface area contributed by atoms with E-state index in [4.69, 9.17) is 14.4 Å². The molecule has 1 aliphatic heterocycles. The Kier molecular flexibility index (Phi) is 5.00. The van der Waals surface area contributed by atoms with Crippen LogP contribution >= 0.6 is 0 Å². The summed E-state index contributed by atoms with van der Waals surface area (Å²) in [5, 5.41) is 9.67. The van der Waals surface area contributed by atoms with Crippen LogP contribution in [0.4, 0.5) is 0 Å². The number of likely N-dealkylation sites (tertiary alicyclic amines) is 1. The zero-order chi connectivity index (χ0) is 17.8. The number of methoxy groups -OCH3 is 1. The fraction of sp³-hybridized carbons (Fsp3) is 0.389. The molecule has 130 valence electrons. The van der Waals surface area contributed by atoms with Crippen LogP contribution in [0.1, 0.15) is 29.0 Å². The molecule has 1 saturated heterocycles. The van der Waals surface area contributed by atoms with E-state index in [0.29, 0.717) is 37.1 Å². The molecule has 0 spiro atoms. The minimum absolute atomic E-state index is 0.0583. The Bertz CT molecular complexity index is 828. The Morgan fingerprint density at radius 1 is 1.32 bits per heavy atom. The third-order valence-electron chi connectivity index (χ3n) is 4.25. The summed E-state index contributed by atoms with van der Waals surface area (Å²) in [4.78, 5) is 25.4. The summed E-state index contributed by atoms with van der Waals surface area (Å²) in [6.07, 6.45) is 1.25. The second-order valence-corrected chi connectivity index (χ2v) is 5.85. The minimum Gasteiger partial charge on any atom is -0.467 e. The zero-order valence-electron chi connectivity index (χ0n) is 13.9. The molecule has 25 heavy (non-hydrogen) atoms. The molecule has 1 aromatic heterocycles. The highest BCUT2D eigenvalue weighted by Gasteiger charge is 2.26. The number of furan rings is 1. The molecule has 0 radical (unpaired) electrons. The molecule has 7 heteroatoms. The summed E-state index contributed by atoms with van der Waals surface area (Å²) in [6.45, 7) is 0.996. The number of hydrogen-bond acceptors (Lipinski definition) is 6. The highest BCUT2D eigenvalue weighted by Crippen LogP contribution is 2.23. The van der Waals surface area contributed by atoms with E-state index in [1.807, 2.05) is 0 Å². The molecule has 1 amide bonds. The molecule has 0 saturated carbocycles. The van der Waals surface area contributed by atoms with E-state index >= 15 is 0 Å². The Hall–Kier alpha value is -2.85. The maximum atomic E-state index is 12.6. The van der Waals surface area contributed by atoms with Gasteiger partial charge in [0.1, 0.15) is 12.2 Å². The molecule has 1 aromatic carbocycles. The second-order valence-electron chi connectivity index (χ2n) is 5.85. The monoisotopic (exact) mass is 342 g/mol. The van der Waals surface area contributed by atoms with Crippen LogP contribution in [0.2, 0.25) is 0 Å². The first kappa shape index (κ1) is 17.0. The van der Waals surface area contributed by atoms with Crippen LogP contribution in [0.3, 0.4) is 0 Å². The lowest BCUT2D eigenvalue weighted by Gasteiger charge is -2.31. The highest BCUT2D eigenvalue weighted by atomic mass is 16.6. The van der Waals surface area contributed by atoms with E-state index in [0.717, 1.165) is 5.39 Å². The summed E-state index contributed by atoms with van der Waals surface area (Å²) in [5.74, 6) is -0.322. The Morgan fingerprint density at radius 3 is 2.76 bits per heavy atom. The van der Waals surface area contributed by atoms with Crippen LogP contribution < -0.4 is 0 Å². The molecular weight excluding hydrogens is 324 g/mol. The van der Waals surface area contributed by atoms with E-state index in [2.05, 4.69) is 10.8 Å². The molecule has 2 heterocycles. The average molecular weight is 342 g/mol. The summed E-state index contributed by atoms with van der Waals surface area (Å²) < 4.78 is 15.6. The van der Waals surface area contributed by atoms with Crippen molar-refractivity contribution in [2.75, 3.05) is 26.8 Å². The first-order valence-corrected chi connectivity index (χ1v) is 8.02. The fourth-order valence-corrected chi connectivity index (χ4v) is 2.84. The molecule has 2 aromatic rings. The van der Waals surface area contributed by atoms with Crippen molar-refractivity contribution in [1.82, 2.24) is 4.90 Å². The Labute approximate surface area is 144 Å². The maximum Gasteiger partial charge on any atom is 0.331 e. The van der Waals surface area contributed by atoms with Crippen molar-refractivity contribution >= 4 is 22.8 Å². The predicted molar refractivity (Wildman–Crippen MR) is 87.8 cm³/mol. The molecule has 0 atom stereocenters. The lowest BCUT2D eigenvalue weighted by Crippen LogP contribution is -2.41. The van der Waals surface area contributed by atoms with Crippen molar-refractivity contribution in [2.24, 2.45) is 0 Å². The first-order valence-electron chi connectivity index (χ1n) is 8.02. The summed E-state index contributed by atoms with van der Waals surface area (Å²) in [7, 11) is 1.32. The van der Waals surface area contributed by atoms with Crippen LogP contribution in [0.15, 0.2) is 28.7 Å². The lowest BCUT2D eigenvalue weighted by molar-refractivity contribution is -0.148. The number of ether oxygens (including phenoxy) is 2. The van der Waals surface area contributed by atoms with Gasteiger partial charge in [0.05, 0.1) is 24.8 Å². The van der Waals surface area contributed by atoms with Crippen LogP contribution in [-0.4, -0.2) is 49.7 Å². The molecule has 0 unspecified atom stereocenters. The first-order chi connectivity index (χ1) is 12.1. The molecule has 3 rings (SSSR count). The van der Waals surface area contributed by atoms with Crippen molar-refractivity contribution in [3.8, 4) is 6.07 Å². The van der Waals surface area contributed by atoms with Gasteiger partial charge in [-0.3, -0.25) is 4.79 Å². The highest BCUT2D eigenvalue weighted by molar-refractivity contribution is 5.96. The molecule has 0 bridgehead atoms. The maximum absolute atomic E-state index is 12.6. The van der Waals surface area contributed by atoms with Crippen molar-refractivity contribution in [3.05, 3.63) is 35.6 Å². The Morgan fingerprint density at radius 2 is 2.08 bits per heavy atom. The summed E-state index contributed by atoms with van der Waals surface area (Å²) in [6, 6.07) is 8.78. The topological polar surface area (TPSA) is 92.8 Å². The van der Waals surface area contributed by atoms with Crippen molar-refractivity contribution in [2.45, 2.75) is 18.9 Å². The molecule has 0 aliphatic carbocycles. The van der Waals surface area contributed by atoms with E-state index in [-0.39, 0.29) is 24.4 Å².